The fourth-order valence-electron chi connectivity index (χ4n) is 1.74. The number of rotatable bonds is 5. The first-order chi connectivity index (χ1) is 9.58. The zero-order valence-electron chi connectivity index (χ0n) is 11.1. The zero-order chi connectivity index (χ0) is 14.5. The van der Waals surface area contributed by atoms with Gasteiger partial charge in [-0.05, 0) is 31.2 Å². The van der Waals surface area contributed by atoms with Gasteiger partial charge in [0.05, 0.1) is 5.69 Å². The van der Waals surface area contributed by atoms with Crippen LogP contribution in [0.4, 0.5) is 5.69 Å². The third-order valence-electron chi connectivity index (χ3n) is 2.77. The highest BCUT2D eigenvalue weighted by Crippen LogP contribution is 2.20. The molecule has 1 aromatic carbocycles. The number of nitrogens with one attached hydrogen (secondary N) is 1. The Bertz CT molecular complexity index is 611. The Hall–Kier alpha value is -1.92. The van der Waals surface area contributed by atoms with E-state index >= 15 is 0 Å². The number of hydrogen-bond acceptors (Lipinski definition) is 4. The van der Waals surface area contributed by atoms with E-state index in [4.69, 9.17) is 17.3 Å². The van der Waals surface area contributed by atoms with E-state index in [1.54, 1.807) is 18.3 Å². The number of carbonyl (C=O) groups is 1. The minimum absolute atomic E-state index is 0.101. The monoisotopic (exact) mass is 293 g/mol. The molecule has 0 fully saturated rings. The predicted molar refractivity (Wildman–Crippen MR) is 77.6 cm³/mol. The minimum Gasteiger partial charge on any atom is -0.330 e. The molecule has 0 aliphatic rings. The summed E-state index contributed by atoms with van der Waals surface area (Å²) in [4.78, 5) is 11.9. The van der Waals surface area contributed by atoms with Crippen molar-refractivity contribution < 1.29 is 4.79 Å². The lowest BCUT2D eigenvalue weighted by Crippen LogP contribution is -2.19. The molecule has 1 heterocycles. The molecular formula is C13H16ClN5O. The zero-order valence-corrected chi connectivity index (χ0v) is 11.9. The van der Waals surface area contributed by atoms with E-state index < -0.39 is 0 Å². The fourth-order valence-corrected chi connectivity index (χ4v) is 1.92. The molecule has 0 aliphatic heterocycles. The van der Waals surface area contributed by atoms with Crippen LogP contribution in [0.5, 0.6) is 0 Å². The maximum atomic E-state index is 11.9. The van der Waals surface area contributed by atoms with Crippen molar-refractivity contribution in [1.29, 1.82) is 0 Å². The summed E-state index contributed by atoms with van der Waals surface area (Å²) in [5.74, 6) is -0.181. The number of nitrogens with zero attached hydrogens (tertiary/aromatic N) is 3. The Kier molecular flexibility index (Phi) is 4.70. The number of aryl methyl sites for hydroxylation is 1. The molecule has 1 aromatic heterocycles. The average Bonchev–Trinajstić information content (AvgIpc) is 2.81. The Balaban J connectivity index is 1.99. The number of benzene rings is 1. The average molecular weight is 294 g/mol. The van der Waals surface area contributed by atoms with E-state index in [1.165, 1.54) is 4.68 Å². The normalized spacial score (nSPS) is 10.6. The number of amides is 1. The Morgan fingerprint density at radius 3 is 3.05 bits per heavy atom. The first kappa shape index (κ1) is 14.5. The lowest BCUT2D eigenvalue weighted by molar-refractivity contribution is -0.116. The van der Waals surface area contributed by atoms with E-state index in [0.717, 1.165) is 11.3 Å². The Morgan fingerprint density at radius 1 is 1.50 bits per heavy atom. The number of halogens is 1. The largest absolute Gasteiger partial charge is 0.330 e. The van der Waals surface area contributed by atoms with Gasteiger partial charge in [-0.15, -0.1) is 5.10 Å². The highest BCUT2D eigenvalue weighted by atomic mass is 35.5. The van der Waals surface area contributed by atoms with Crippen LogP contribution in [-0.2, 0) is 17.8 Å². The molecule has 2 rings (SSSR count). The van der Waals surface area contributed by atoms with Gasteiger partial charge in [0.25, 0.3) is 0 Å². The molecule has 0 saturated carbocycles. The maximum Gasteiger partial charge on any atom is 0.246 e. The first-order valence-corrected chi connectivity index (χ1v) is 6.61. The molecule has 0 unspecified atom stereocenters. The van der Waals surface area contributed by atoms with Crippen molar-refractivity contribution in [3.63, 3.8) is 0 Å². The first-order valence-electron chi connectivity index (χ1n) is 6.23. The van der Waals surface area contributed by atoms with E-state index in [1.807, 2.05) is 13.0 Å². The number of hydrogen-bond donors (Lipinski definition) is 2. The standard InChI is InChI=1S/C13H16ClN5O/c1-9-2-3-10(14)6-12(9)16-13(20)8-19-7-11(4-5-15)17-18-19/h2-3,6-7H,4-5,8,15H2,1H3,(H,16,20). The van der Waals surface area contributed by atoms with E-state index in [0.29, 0.717) is 23.7 Å². The van der Waals surface area contributed by atoms with Gasteiger partial charge in [-0.25, -0.2) is 4.68 Å². The summed E-state index contributed by atoms with van der Waals surface area (Å²) >= 11 is 5.91. The van der Waals surface area contributed by atoms with Gasteiger partial charge in [0.2, 0.25) is 5.91 Å². The quantitative estimate of drug-likeness (QED) is 0.872. The highest BCUT2D eigenvalue weighted by molar-refractivity contribution is 6.31. The van der Waals surface area contributed by atoms with Gasteiger partial charge in [0, 0.05) is 23.3 Å². The molecular weight excluding hydrogens is 278 g/mol. The van der Waals surface area contributed by atoms with E-state index in [-0.39, 0.29) is 12.5 Å². The second-order valence-corrected chi connectivity index (χ2v) is 4.89. The molecule has 2 aromatic rings. The lowest BCUT2D eigenvalue weighted by Gasteiger charge is -2.08. The van der Waals surface area contributed by atoms with Gasteiger partial charge in [-0.1, -0.05) is 22.9 Å². The molecule has 0 bridgehead atoms. The summed E-state index contributed by atoms with van der Waals surface area (Å²) < 4.78 is 1.49. The summed E-state index contributed by atoms with van der Waals surface area (Å²) in [6.07, 6.45) is 2.37. The third kappa shape index (κ3) is 3.79. The van der Waals surface area contributed by atoms with Crippen LogP contribution in [0.2, 0.25) is 5.02 Å². The van der Waals surface area contributed by atoms with E-state index in [2.05, 4.69) is 15.6 Å². The number of aromatic nitrogens is 3. The van der Waals surface area contributed by atoms with Crippen molar-refractivity contribution >= 4 is 23.2 Å². The second-order valence-electron chi connectivity index (χ2n) is 4.45. The Labute approximate surface area is 121 Å². The Morgan fingerprint density at radius 2 is 2.30 bits per heavy atom. The van der Waals surface area contributed by atoms with Crippen molar-refractivity contribution in [1.82, 2.24) is 15.0 Å². The molecule has 0 aliphatic carbocycles. The molecule has 0 spiro atoms. The van der Waals surface area contributed by atoms with Crippen molar-refractivity contribution in [3.8, 4) is 0 Å². The van der Waals surface area contributed by atoms with Gasteiger partial charge < -0.3 is 11.1 Å². The molecule has 0 saturated heterocycles. The van der Waals surface area contributed by atoms with Crippen LogP contribution < -0.4 is 11.1 Å². The molecule has 6 nitrogen and oxygen atoms in total. The molecule has 7 heteroatoms. The summed E-state index contributed by atoms with van der Waals surface area (Å²) in [5.41, 5.74) is 7.86. The molecule has 0 atom stereocenters. The van der Waals surface area contributed by atoms with Gasteiger partial charge in [0.1, 0.15) is 6.54 Å². The number of carbonyl (C=O) groups excluding carboxylic acids is 1. The topological polar surface area (TPSA) is 85.8 Å². The fraction of sp³-hybridized carbons (Fsp3) is 0.308. The highest BCUT2D eigenvalue weighted by Gasteiger charge is 2.08. The van der Waals surface area contributed by atoms with Crippen molar-refractivity contribution in [2.75, 3.05) is 11.9 Å². The summed E-state index contributed by atoms with van der Waals surface area (Å²) in [6, 6.07) is 5.35. The van der Waals surface area contributed by atoms with Gasteiger partial charge in [0.15, 0.2) is 0 Å². The summed E-state index contributed by atoms with van der Waals surface area (Å²) in [5, 5.41) is 11.2. The number of nitrogens with two attached hydrogens (primary N) is 1. The van der Waals surface area contributed by atoms with Gasteiger partial charge >= 0.3 is 0 Å². The molecule has 1 amide bonds. The van der Waals surface area contributed by atoms with Crippen molar-refractivity contribution in [3.05, 3.63) is 40.7 Å². The molecule has 0 radical (unpaired) electrons. The van der Waals surface area contributed by atoms with Crippen LogP contribution in [0.3, 0.4) is 0 Å². The smallest absolute Gasteiger partial charge is 0.246 e. The minimum atomic E-state index is -0.181. The van der Waals surface area contributed by atoms with Crippen LogP contribution in [0, 0.1) is 6.92 Å². The molecule has 3 N–H and O–H groups in total. The van der Waals surface area contributed by atoms with Crippen LogP contribution in [0.15, 0.2) is 24.4 Å². The summed E-state index contributed by atoms with van der Waals surface area (Å²) in [7, 11) is 0. The van der Waals surface area contributed by atoms with Crippen molar-refractivity contribution in [2.24, 2.45) is 5.73 Å². The molecule has 106 valence electrons. The van der Waals surface area contributed by atoms with Gasteiger partial charge in [-0.2, -0.15) is 0 Å². The number of anilines is 1. The van der Waals surface area contributed by atoms with Crippen LogP contribution >= 0.6 is 11.6 Å². The SMILES string of the molecule is Cc1ccc(Cl)cc1NC(=O)Cn1cc(CCN)nn1. The van der Waals surface area contributed by atoms with Crippen LogP contribution in [0.25, 0.3) is 0 Å². The maximum absolute atomic E-state index is 11.9. The van der Waals surface area contributed by atoms with Crippen LogP contribution in [-0.4, -0.2) is 27.4 Å². The van der Waals surface area contributed by atoms with Crippen LogP contribution in [0.1, 0.15) is 11.3 Å². The summed E-state index contributed by atoms with van der Waals surface area (Å²) in [6.45, 7) is 2.51. The van der Waals surface area contributed by atoms with E-state index in [9.17, 15) is 4.79 Å². The predicted octanol–water partition coefficient (Wildman–Crippen LogP) is 1.38. The third-order valence-corrected chi connectivity index (χ3v) is 3.00. The molecule has 20 heavy (non-hydrogen) atoms. The van der Waals surface area contributed by atoms with Crippen molar-refractivity contribution in [2.45, 2.75) is 19.9 Å². The second kappa shape index (κ2) is 6.49. The van der Waals surface area contributed by atoms with Gasteiger partial charge in [-0.3, -0.25) is 4.79 Å². The lowest BCUT2D eigenvalue weighted by atomic mass is 10.2.